The van der Waals surface area contributed by atoms with Crippen molar-refractivity contribution in [2.75, 3.05) is 17.6 Å². The molecule has 3 aromatic rings. The highest BCUT2D eigenvalue weighted by molar-refractivity contribution is 7.09. The molecule has 0 saturated carbocycles. The van der Waals surface area contributed by atoms with Crippen molar-refractivity contribution < 1.29 is 0 Å². The Hall–Kier alpha value is -2.14. The van der Waals surface area contributed by atoms with Gasteiger partial charge in [-0.15, -0.1) is 11.3 Å². The molecule has 0 fully saturated rings. The van der Waals surface area contributed by atoms with Gasteiger partial charge in [-0.25, -0.2) is 9.97 Å². The fourth-order valence-electron chi connectivity index (χ4n) is 1.97. The van der Waals surface area contributed by atoms with Crippen molar-refractivity contribution in [2.45, 2.75) is 6.42 Å². The first-order chi connectivity index (χ1) is 9.33. The standard InChI is InChI=1S/C14H14N4S/c15-10-3-4-12-13(8-10)17-9-18-14(12)16-6-5-11-2-1-7-19-11/h1-4,7-9H,5-6,15H2,(H,16,17,18). The van der Waals surface area contributed by atoms with E-state index in [1.54, 1.807) is 17.7 Å². The van der Waals surface area contributed by atoms with Gasteiger partial charge in [0.2, 0.25) is 0 Å². The van der Waals surface area contributed by atoms with Crippen LogP contribution in [0.15, 0.2) is 42.0 Å². The Morgan fingerprint density at radius 1 is 1.21 bits per heavy atom. The van der Waals surface area contributed by atoms with E-state index in [0.717, 1.165) is 35.4 Å². The van der Waals surface area contributed by atoms with Crippen molar-refractivity contribution in [3.63, 3.8) is 0 Å². The zero-order chi connectivity index (χ0) is 13.1. The Bertz CT molecular complexity index is 679. The summed E-state index contributed by atoms with van der Waals surface area (Å²) in [6, 6.07) is 9.91. The van der Waals surface area contributed by atoms with Crippen LogP contribution in [0.3, 0.4) is 0 Å². The van der Waals surface area contributed by atoms with E-state index in [2.05, 4.69) is 32.8 Å². The molecule has 3 N–H and O–H groups in total. The molecular weight excluding hydrogens is 256 g/mol. The van der Waals surface area contributed by atoms with Crippen molar-refractivity contribution in [1.29, 1.82) is 0 Å². The van der Waals surface area contributed by atoms with E-state index in [4.69, 9.17) is 5.73 Å². The summed E-state index contributed by atoms with van der Waals surface area (Å²) in [5, 5.41) is 6.46. The van der Waals surface area contributed by atoms with Crippen LogP contribution in [0.5, 0.6) is 0 Å². The van der Waals surface area contributed by atoms with Gasteiger partial charge in [-0.3, -0.25) is 0 Å². The van der Waals surface area contributed by atoms with E-state index in [1.807, 2.05) is 18.2 Å². The molecule has 96 valence electrons. The van der Waals surface area contributed by atoms with E-state index in [9.17, 15) is 0 Å². The third-order valence-corrected chi connectivity index (χ3v) is 3.84. The highest BCUT2D eigenvalue weighted by Crippen LogP contribution is 2.21. The number of hydrogen-bond acceptors (Lipinski definition) is 5. The maximum atomic E-state index is 5.76. The molecule has 0 aliphatic carbocycles. The average Bonchev–Trinajstić information content (AvgIpc) is 2.92. The highest BCUT2D eigenvalue weighted by atomic mass is 32.1. The molecule has 19 heavy (non-hydrogen) atoms. The van der Waals surface area contributed by atoms with Crippen molar-refractivity contribution in [2.24, 2.45) is 0 Å². The van der Waals surface area contributed by atoms with Crippen molar-refractivity contribution in [3.05, 3.63) is 46.9 Å². The van der Waals surface area contributed by atoms with Crippen LogP contribution >= 0.6 is 11.3 Å². The molecule has 0 amide bonds. The van der Waals surface area contributed by atoms with Gasteiger partial charge in [0.25, 0.3) is 0 Å². The summed E-state index contributed by atoms with van der Waals surface area (Å²) in [7, 11) is 0. The van der Waals surface area contributed by atoms with Crippen molar-refractivity contribution in [1.82, 2.24) is 9.97 Å². The number of nitrogen functional groups attached to an aromatic ring is 1. The van der Waals surface area contributed by atoms with Gasteiger partial charge in [0.05, 0.1) is 5.52 Å². The summed E-state index contributed by atoms with van der Waals surface area (Å²) in [6.45, 7) is 0.858. The Labute approximate surface area is 115 Å². The number of nitrogens with one attached hydrogen (secondary N) is 1. The van der Waals surface area contributed by atoms with Gasteiger partial charge in [0.1, 0.15) is 12.1 Å². The quantitative estimate of drug-likeness (QED) is 0.715. The Morgan fingerprint density at radius 2 is 2.16 bits per heavy atom. The Kier molecular flexibility index (Phi) is 3.29. The molecule has 0 saturated heterocycles. The molecule has 0 bridgehead atoms. The van der Waals surface area contributed by atoms with Gasteiger partial charge >= 0.3 is 0 Å². The van der Waals surface area contributed by atoms with Crippen molar-refractivity contribution in [3.8, 4) is 0 Å². The number of benzene rings is 1. The van der Waals surface area contributed by atoms with Crippen LogP contribution in [-0.4, -0.2) is 16.5 Å². The average molecular weight is 270 g/mol. The summed E-state index contributed by atoms with van der Waals surface area (Å²) in [5.74, 6) is 0.863. The highest BCUT2D eigenvalue weighted by Gasteiger charge is 2.03. The third-order valence-electron chi connectivity index (χ3n) is 2.90. The Balaban J connectivity index is 1.77. The topological polar surface area (TPSA) is 63.8 Å². The van der Waals surface area contributed by atoms with Crippen LogP contribution in [0, 0.1) is 0 Å². The number of hydrogen-bond donors (Lipinski definition) is 2. The lowest BCUT2D eigenvalue weighted by Crippen LogP contribution is -2.06. The molecule has 0 atom stereocenters. The van der Waals surface area contributed by atoms with Gasteiger partial charge in [-0.05, 0) is 36.1 Å². The predicted molar refractivity (Wildman–Crippen MR) is 80.5 cm³/mol. The van der Waals surface area contributed by atoms with Gasteiger partial charge in [-0.1, -0.05) is 6.07 Å². The summed E-state index contributed by atoms with van der Waals surface area (Å²) in [4.78, 5) is 9.90. The first kappa shape index (κ1) is 11.9. The zero-order valence-corrected chi connectivity index (χ0v) is 11.2. The van der Waals surface area contributed by atoms with Crippen LogP contribution in [0.25, 0.3) is 10.9 Å². The summed E-state index contributed by atoms with van der Waals surface area (Å²) in [5.41, 5.74) is 7.35. The fourth-order valence-corrected chi connectivity index (χ4v) is 2.68. The third kappa shape index (κ3) is 2.66. The summed E-state index contributed by atoms with van der Waals surface area (Å²) >= 11 is 1.77. The molecule has 0 spiro atoms. The molecule has 3 rings (SSSR count). The van der Waals surface area contributed by atoms with Gasteiger partial charge in [0, 0.05) is 22.5 Å². The van der Waals surface area contributed by atoms with Gasteiger partial charge in [-0.2, -0.15) is 0 Å². The lowest BCUT2D eigenvalue weighted by molar-refractivity contribution is 1.03. The fraction of sp³-hybridized carbons (Fsp3) is 0.143. The summed E-state index contributed by atoms with van der Waals surface area (Å²) in [6.07, 6.45) is 2.56. The molecule has 2 heterocycles. The first-order valence-electron chi connectivity index (χ1n) is 6.09. The largest absolute Gasteiger partial charge is 0.399 e. The number of nitrogens with two attached hydrogens (primary N) is 1. The van der Waals surface area contributed by atoms with Crippen LogP contribution in [0.4, 0.5) is 11.5 Å². The minimum Gasteiger partial charge on any atom is -0.399 e. The van der Waals surface area contributed by atoms with Crippen LogP contribution in [0.1, 0.15) is 4.88 Å². The molecule has 0 unspecified atom stereocenters. The monoisotopic (exact) mass is 270 g/mol. The number of aromatic nitrogens is 2. The number of thiophene rings is 1. The molecule has 1 aromatic carbocycles. The molecule has 0 radical (unpaired) electrons. The maximum Gasteiger partial charge on any atom is 0.137 e. The molecule has 0 aliphatic heterocycles. The van der Waals surface area contributed by atoms with Crippen molar-refractivity contribution >= 4 is 33.7 Å². The second-order valence-electron chi connectivity index (χ2n) is 4.26. The van der Waals surface area contributed by atoms with Gasteiger partial charge in [0.15, 0.2) is 0 Å². The smallest absolute Gasteiger partial charge is 0.137 e. The van der Waals surface area contributed by atoms with E-state index >= 15 is 0 Å². The molecular formula is C14H14N4S. The number of fused-ring (bicyclic) bond motifs is 1. The van der Waals surface area contributed by atoms with Crippen LogP contribution in [0.2, 0.25) is 0 Å². The number of nitrogens with zero attached hydrogens (tertiary/aromatic N) is 2. The second-order valence-corrected chi connectivity index (χ2v) is 5.29. The predicted octanol–water partition coefficient (Wildman–Crippen LogP) is 2.93. The summed E-state index contributed by atoms with van der Waals surface area (Å²) < 4.78 is 0. The van der Waals surface area contributed by atoms with Crippen LogP contribution < -0.4 is 11.1 Å². The lowest BCUT2D eigenvalue weighted by atomic mass is 10.2. The molecule has 2 aromatic heterocycles. The number of rotatable bonds is 4. The Morgan fingerprint density at radius 3 is 3.00 bits per heavy atom. The minimum atomic E-state index is 0.718. The van der Waals surface area contributed by atoms with E-state index in [1.165, 1.54) is 4.88 Å². The normalized spacial score (nSPS) is 10.7. The SMILES string of the molecule is Nc1ccc2c(NCCc3cccs3)ncnc2c1. The lowest BCUT2D eigenvalue weighted by Gasteiger charge is -2.07. The molecule has 0 aliphatic rings. The maximum absolute atomic E-state index is 5.76. The second kappa shape index (κ2) is 5.24. The van der Waals surface area contributed by atoms with E-state index < -0.39 is 0 Å². The van der Waals surface area contributed by atoms with Gasteiger partial charge < -0.3 is 11.1 Å². The first-order valence-corrected chi connectivity index (χ1v) is 6.97. The van der Waals surface area contributed by atoms with E-state index in [-0.39, 0.29) is 0 Å². The van der Waals surface area contributed by atoms with E-state index in [0.29, 0.717) is 0 Å². The number of anilines is 2. The molecule has 5 heteroatoms. The minimum absolute atomic E-state index is 0.718. The van der Waals surface area contributed by atoms with Crippen LogP contribution in [-0.2, 0) is 6.42 Å². The zero-order valence-electron chi connectivity index (χ0n) is 10.3. The molecule has 4 nitrogen and oxygen atoms in total.